The SMILES string of the molecule is O=C[C@@H]([18F])[C@@H](O)[C@@H](O)[C@H](O)CO. The molecule has 0 spiro atoms. The van der Waals surface area contributed by atoms with Crippen LogP contribution >= 0.6 is 0 Å². The highest BCUT2D eigenvalue weighted by Crippen LogP contribution is 2.05. The smallest absolute Gasteiger partial charge is 0.183 e. The van der Waals surface area contributed by atoms with Gasteiger partial charge in [0, 0.05) is 0 Å². The van der Waals surface area contributed by atoms with Gasteiger partial charge in [0.05, 0.1) is 6.61 Å². The summed E-state index contributed by atoms with van der Waals surface area (Å²) in [5.74, 6) is 0. The van der Waals surface area contributed by atoms with E-state index in [0.717, 1.165) is 0 Å². The van der Waals surface area contributed by atoms with Gasteiger partial charge in [-0.15, -0.1) is 0 Å². The van der Waals surface area contributed by atoms with Gasteiger partial charge in [-0.05, 0) is 0 Å². The lowest BCUT2D eigenvalue weighted by Crippen LogP contribution is -2.44. The molecular weight excluding hydrogens is 170 g/mol. The van der Waals surface area contributed by atoms with Crippen molar-refractivity contribution in [3.05, 3.63) is 0 Å². The second-order valence-electron chi connectivity index (χ2n) is 2.31. The summed E-state index contributed by atoms with van der Waals surface area (Å²) in [5.41, 5.74) is 0. The maximum absolute atomic E-state index is 12.3. The number of rotatable bonds is 5. The highest BCUT2D eigenvalue weighted by Gasteiger charge is 2.30. The van der Waals surface area contributed by atoms with Gasteiger partial charge in [0.25, 0.3) is 0 Å². The zero-order valence-electron chi connectivity index (χ0n) is 6.17. The fourth-order valence-corrected chi connectivity index (χ4v) is 0.604. The van der Waals surface area contributed by atoms with Crippen LogP contribution in [0, 0.1) is 0 Å². The molecule has 4 N–H and O–H groups in total. The van der Waals surface area contributed by atoms with Crippen molar-refractivity contribution in [3.63, 3.8) is 0 Å². The van der Waals surface area contributed by atoms with Crippen LogP contribution in [0.2, 0.25) is 0 Å². The second-order valence-corrected chi connectivity index (χ2v) is 2.31. The Morgan fingerprint density at radius 3 is 2.08 bits per heavy atom. The molecule has 0 aliphatic rings. The van der Waals surface area contributed by atoms with E-state index >= 15 is 0 Å². The summed E-state index contributed by atoms with van der Waals surface area (Å²) in [6.45, 7) is -0.816. The third kappa shape index (κ3) is 2.82. The van der Waals surface area contributed by atoms with E-state index < -0.39 is 31.1 Å². The number of hydrogen-bond donors (Lipinski definition) is 4. The molecule has 0 aliphatic heterocycles. The Morgan fingerprint density at radius 1 is 1.25 bits per heavy atom. The lowest BCUT2D eigenvalue weighted by Gasteiger charge is -2.21. The Labute approximate surface area is 68.1 Å². The van der Waals surface area contributed by atoms with Crippen molar-refractivity contribution >= 4 is 6.29 Å². The average molecular weight is 181 g/mol. The molecule has 0 saturated carbocycles. The Hall–Kier alpha value is -0.560. The molecule has 0 aromatic heterocycles. The fraction of sp³-hybridized carbons (Fsp3) is 0.833. The van der Waals surface area contributed by atoms with Gasteiger partial charge in [0.1, 0.15) is 18.3 Å². The van der Waals surface area contributed by atoms with E-state index in [1.165, 1.54) is 0 Å². The predicted octanol–water partition coefficient (Wildman–Crippen LogP) is -2.40. The standard InChI is InChI=1S/C6H11FO5/c7-3(1-8)5(11)6(12)4(10)2-9/h1,3-6,9-12H,2H2/t3-,4-,5-,6+/m1/s1/i7-1. The van der Waals surface area contributed by atoms with Gasteiger partial charge >= 0.3 is 0 Å². The molecule has 6 heteroatoms. The second kappa shape index (κ2) is 5.15. The Balaban J connectivity index is 4.07. The molecule has 0 aromatic rings. The summed E-state index contributed by atoms with van der Waals surface area (Å²) in [7, 11) is 0. The minimum Gasteiger partial charge on any atom is -0.394 e. The van der Waals surface area contributed by atoms with Crippen molar-refractivity contribution in [1.29, 1.82) is 0 Å². The molecular formula is C6H11FO5. The van der Waals surface area contributed by atoms with E-state index in [9.17, 15) is 9.18 Å². The maximum atomic E-state index is 12.3. The molecule has 0 aliphatic carbocycles. The molecule has 0 aromatic carbocycles. The molecule has 0 radical (unpaired) electrons. The average Bonchev–Trinajstić information content (AvgIpc) is 2.12. The van der Waals surface area contributed by atoms with E-state index in [2.05, 4.69) is 0 Å². The quantitative estimate of drug-likeness (QED) is 0.354. The monoisotopic (exact) mass is 181 g/mol. The normalized spacial score (nSPS) is 21.1. The van der Waals surface area contributed by atoms with E-state index in [-0.39, 0.29) is 6.29 Å². The molecule has 0 unspecified atom stereocenters. The third-order valence-corrected chi connectivity index (χ3v) is 1.39. The van der Waals surface area contributed by atoms with E-state index in [4.69, 9.17) is 20.4 Å². The Morgan fingerprint density at radius 2 is 1.75 bits per heavy atom. The first kappa shape index (κ1) is 11.4. The number of aliphatic hydroxyl groups excluding tert-OH is 4. The van der Waals surface area contributed by atoms with Gasteiger partial charge in [-0.1, -0.05) is 0 Å². The lowest BCUT2D eigenvalue weighted by molar-refractivity contribution is -0.127. The number of alkyl halides is 1. The molecule has 0 heterocycles. The van der Waals surface area contributed by atoms with E-state index in [1.54, 1.807) is 0 Å². The van der Waals surface area contributed by atoms with Crippen molar-refractivity contribution in [2.75, 3.05) is 6.61 Å². The minimum atomic E-state index is -2.26. The van der Waals surface area contributed by atoms with Gasteiger partial charge in [0.2, 0.25) is 0 Å². The number of carbonyl (C=O) groups excluding carboxylic acids is 1. The van der Waals surface area contributed by atoms with Crippen molar-refractivity contribution in [2.24, 2.45) is 0 Å². The zero-order chi connectivity index (χ0) is 9.72. The van der Waals surface area contributed by atoms with Crippen LogP contribution in [0.4, 0.5) is 4.39 Å². The van der Waals surface area contributed by atoms with Gasteiger partial charge in [0.15, 0.2) is 12.5 Å². The third-order valence-electron chi connectivity index (χ3n) is 1.39. The van der Waals surface area contributed by atoms with Crippen LogP contribution in [0.3, 0.4) is 0 Å². The zero-order valence-corrected chi connectivity index (χ0v) is 6.17. The molecule has 12 heavy (non-hydrogen) atoms. The van der Waals surface area contributed by atoms with Crippen LogP contribution in [-0.4, -0.2) is 57.8 Å². The van der Waals surface area contributed by atoms with Crippen molar-refractivity contribution < 1.29 is 29.6 Å². The topological polar surface area (TPSA) is 98.0 Å². The minimum absolute atomic E-state index is 0.196. The van der Waals surface area contributed by atoms with E-state index in [1.807, 2.05) is 0 Å². The highest BCUT2D eigenvalue weighted by atomic mass is 18.2. The van der Waals surface area contributed by atoms with Gasteiger partial charge in [-0.3, -0.25) is 0 Å². The summed E-state index contributed by atoms with van der Waals surface area (Å²) < 4.78 is 12.3. The van der Waals surface area contributed by atoms with Crippen LogP contribution < -0.4 is 0 Å². The number of halogens is 1. The number of hydrogen-bond acceptors (Lipinski definition) is 5. The van der Waals surface area contributed by atoms with Crippen LogP contribution in [0.5, 0.6) is 0 Å². The Kier molecular flexibility index (Phi) is 4.91. The molecule has 0 fully saturated rings. The first-order chi connectivity index (χ1) is 5.54. The van der Waals surface area contributed by atoms with Gasteiger partial charge in [-0.2, -0.15) is 0 Å². The summed E-state index contributed by atoms with van der Waals surface area (Å²) >= 11 is 0. The molecule has 0 bridgehead atoms. The summed E-state index contributed by atoms with van der Waals surface area (Å²) in [4.78, 5) is 9.77. The first-order valence-electron chi connectivity index (χ1n) is 3.29. The van der Waals surface area contributed by atoms with Crippen LogP contribution in [0.15, 0.2) is 0 Å². The maximum Gasteiger partial charge on any atom is 0.183 e. The van der Waals surface area contributed by atoms with E-state index in [0.29, 0.717) is 0 Å². The molecule has 0 saturated heterocycles. The molecule has 4 atom stereocenters. The van der Waals surface area contributed by atoms with Crippen LogP contribution in [-0.2, 0) is 4.79 Å². The van der Waals surface area contributed by atoms with Crippen molar-refractivity contribution in [1.82, 2.24) is 0 Å². The van der Waals surface area contributed by atoms with Gasteiger partial charge < -0.3 is 25.2 Å². The van der Waals surface area contributed by atoms with Crippen molar-refractivity contribution in [3.8, 4) is 0 Å². The summed E-state index contributed by atoms with van der Waals surface area (Å²) in [5, 5.41) is 34.6. The molecule has 5 nitrogen and oxygen atoms in total. The molecule has 0 rings (SSSR count). The summed E-state index contributed by atoms with van der Waals surface area (Å²) in [6, 6.07) is 0. The Bertz CT molecular complexity index is 142. The van der Waals surface area contributed by atoms with Crippen LogP contribution in [0.1, 0.15) is 0 Å². The number of carbonyl (C=O) groups is 1. The number of aldehydes is 1. The van der Waals surface area contributed by atoms with Gasteiger partial charge in [-0.25, -0.2) is 4.39 Å². The fourth-order valence-electron chi connectivity index (χ4n) is 0.604. The molecule has 0 amide bonds. The lowest BCUT2D eigenvalue weighted by atomic mass is 10.1. The first-order valence-corrected chi connectivity index (χ1v) is 3.29. The highest BCUT2D eigenvalue weighted by molar-refractivity contribution is 5.56. The van der Waals surface area contributed by atoms with Crippen molar-refractivity contribution in [2.45, 2.75) is 24.5 Å². The summed E-state index contributed by atoms with van der Waals surface area (Å²) in [6.07, 6.45) is -7.99. The largest absolute Gasteiger partial charge is 0.394 e. The molecule has 72 valence electrons. The number of aliphatic hydroxyl groups is 4. The van der Waals surface area contributed by atoms with Crippen LogP contribution in [0.25, 0.3) is 0 Å². The predicted molar refractivity (Wildman–Crippen MR) is 36.1 cm³/mol.